The third-order valence-electron chi connectivity index (χ3n) is 5.19. The van der Waals surface area contributed by atoms with Crippen LogP contribution in [-0.4, -0.2) is 49.1 Å². The summed E-state index contributed by atoms with van der Waals surface area (Å²) < 4.78 is 13.7. The lowest BCUT2D eigenvalue weighted by Crippen LogP contribution is -2.43. The molecule has 5 nitrogen and oxygen atoms in total. The Morgan fingerprint density at radius 2 is 2.03 bits per heavy atom. The van der Waals surface area contributed by atoms with Crippen LogP contribution in [0.15, 0.2) is 34.6 Å². The Kier molecular flexibility index (Phi) is 10.3. The van der Waals surface area contributed by atoms with Gasteiger partial charge >= 0.3 is 0 Å². The molecule has 0 amide bonds. The number of rotatable bonds is 7. The lowest BCUT2D eigenvalue weighted by atomic mass is 9.97. The zero-order valence-corrected chi connectivity index (χ0v) is 20.3. The molecular weight excluding hydrogens is 500 g/mol. The first kappa shape index (κ1) is 24.0. The fourth-order valence-electron chi connectivity index (χ4n) is 3.54. The molecule has 1 aromatic carbocycles. The van der Waals surface area contributed by atoms with Crippen LogP contribution >= 0.6 is 35.3 Å². The Labute approximate surface area is 194 Å². The van der Waals surface area contributed by atoms with Gasteiger partial charge in [0.25, 0.3) is 0 Å². The second-order valence-electron chi connectivity index (χ2n) is 7.30. The summed E-state index contributed by atoms with van der Waals surface area (Å²) >= 11 is 1.72. The van der Waals surface area contributed by atoms with Gasteiger partial charge in [0.1, 0.15) is 5.82 Å². The molecule has 2 heterocycles. The van der Waals surface area contributed by atoms with Crippen molar-refractivity contribution in [3.8, 4) is 0 Å². The molecular formula is C21H31FIN5S. The molecule has 1 fully saturated rings. The number of benzene rings is 1. The molecule has 0 spiro atoms. The molecule has 8 heteroatoms. The van der Waals surface area contributed by atoms with Crippen molar-refractivity contribution in [3.05, 3.63) is 51.7 Å². The number of hydrogen-bond acceptors (Lipinski definition) is 4. The monoisotopic (exact) mass is 531 g/mol. The van der Waals surface area contributed by atoms with E-state index in [1.54, 1.807) is 24.5 Å². The first-order valence-electron chi connectivity index (χ1n) is 9.95. The van der Waals surface area contributed by atoms with Crippen molar-refractivity contribution < 1.29 is 4.39 Å². The van der Waals surface area contributed by atoms with E-state index in [0.29, 0.717) is 18.9 Å². The van der Waals surface area contributed by atoms with Crippen molar-refractivity contribution in [2.45, 2.75) is 32.7 Å². The molecule has 0 saturated carbocycles. The third-order valence-corrected chi connectivity index (χ3v) is 6.01. The predicted molar refractivity (Wildman–Crippen MR) is 130 cm³/mol. The number of aryl methyl sites for hydroxylation is 1. The highest BCUT2D eigenvalue weighted by Gasteiger charge is 2.20. The molecule has 1 aliphatic rings. The van der Waals surface area contributed by atoms with E-state index in [1.165, 1.54) is 24.6 Å². The summed E-state index contributed by atoms with van der Waals surface area (Å²) in [5, 5.41) is 10.0. The van der Waals surface area contributed by atoms with Gasteiger partial charge in [0.05, 0.1) is 10.7 Å². The number of likely N-dealkylation sites (tertiary alicyclic amines) is 1. The van der Waals surface area contributed by atoms with Crippen LogP contribution in [0.5, 0.6) is 0 Å². The molecule has 160 valence electrons. The zero-order chi connectivity index (χ0) is 19.8. The Hall–Kier alpha value is -1.26. The summed E-state index contributed by atoms with van der Waals surface area (Å²) in [7, 11) is 1.77. The summed E-state index contributed by atoms with van der Waals surface area (Å²) in [5.74, 6) is 1.29. The van der Waals surface area contributed by atoms with Crippen molar-refractivity contribution in [2.24, 2.45) is 10.9 Å². The highest BCUT2D eigenvalue weighted by Crippen LogP contribution is 2.19. The average molecular weight is 531 g/mol. The molecule has 1 aliphatic heterocycles. The van der Waals surface area contributed by atoms with E-state index in [1.807, 2.05) is 12.1 Å². The summed E-state index contributed by atoms with van der Waals surface area (Å²) in [6.07, 6.45) is 3.01. The first-order valence-corrected chi connectivity index (χ1v) is 10.8. The summed E-state index contributed by atoms with van der Waals surface area (Å²) in [6, 6.07) is 6.92. The number of guanidine groups is 1. The number of nitrogens with one attached hydrogen (secondary N) is 2. The maximum absolute atomic E-state index is 13.7. The van der Waals surface area contributed by atoms with Gasteiger partial charge < -0.3 is 10.6 Å². The van der Waals surface area contributed by atoms with Crippen LogP contribution in [0.2, 0.25) is 0 Å². The van der Waals surface area contributed by atoms with Gasteiger partial charge in [-0.05, 0) is 56.8 Å². The van der Waals surface area contributed by atoms with Gasteiger partial charge in [0.2, 0.25) is 0 Å². The first-order chi connectivity index (χ1) is 13.6. The standard InChI is InChI=1S/C21H30FN5S.HI/c1-16-26-19(15-28-16)14-27-11-8-17(9-12-27)13-25-21(23-2)24-10-7-18-5-3-4-6-20(18)22;/h3-6,15,17H,7-14H2,1-2H3,(H2,23,24,25);1H. The number of piperidine rings is 1. The largest absolute Gasteiger partial charge is 0.356 e. The van der Waals surface area contributed by atoms with E-state index in [2.05, 4.69) is 37.8 Å². The number of aromatic nitrogens is 1. The quantitative estimate of drug-likeness (QED) is 0.324. The second-order valence-corrected chi connectivity index (χ2v) is 8.36. The van der Waals surface area contributed by atoms with Crippen LogP contribution in [0.4, 0.5) is 4.39 Å². The molecule has 0 aliphatic carbocycles. The van der Waals surface area contributed by atoms with E-state index in [9.17, 15) is 4.39 Å². The fraction of sp³-hybridized carbons (Fsp3) is 0.524. The van der Waals surface area contributed by atoms with Gasteiger partial charge in [0.15, 0.2) is 5.96 Å². The minimum atomic E-state index is -0.146. The van der Waals surface area contributed by atoms with Crippen molar-refractivity contribution in [1.82, 2.24) is 20.5 Å². The predicted octanol–water partition coefficient (Wildman–Crippen LogP) is 3.83. The fourth-order valence-corrected chi connectivity index (χ4v) is 4.14. The molecule has 3 rings (SSSR count). The van der Waals surface area contributed by atoms with Crippen molar-refractivity contribution in [2.75, 3.05) is 33.2 Å². The highest BCUT2D eigenvalue weighted by molar-refractivity contribution is 14.0. The molecule has 2 N–H and O–H groups in total. The molecule has 29 heavy (non-hydrogen) atoms. The molecule has 0 bridgehead atoms. The van der Waals surface area contributed by atoms with Crippen LogP contribution in [-0.2, 0) is 13.0 Å². The average Bonchev–Trinajstić information content (AvgIpc) is 3.11. The van der Waals surface area contributed by atoms with Crippen molar-refractivity contribution in [3.63, 3.8) is 0 Å². The van der Waals surface area contributed by atoms with E-state index >= 15 is 0 Å². The molecule has 2 aromatic rings. The molecule has 0 atom stereocenters. The number of thiazole rings is 1. The van der Waals surface area contributed by atoms with Crippen molar-refractivity contribution in [1.29, 1.82) is 0 Å². The smallest absolute Gasteiger partial charge is 0.190 e. The SMILES string of the molecule is CN=C(NCCc1ccccc1F)NCC1CCN(Cc2csc(C)n2)CC1.I. The highest BCUT2D eigenvalue weighted by atomic mass is 127. The van der Waals surface area contributed by atoms with Crippen LogP contribution in [0, 0.1) is 18.7 Å². The van der Waals surface area contributed by atoms with E-state index in [-0.39, 0.29) is 29.8 Å². The van der Waals surface area contributed by atoms with Gasteiger partial charge in [0, 0.05) is 32.1 Å². The number of halogens is 2. The Morgan fingerprint density at radius 3 is 2.69 bits per heavy atom. The van der Waals surface area contributed by atoms with Gasteiger partial charge in [-0.3, -0.25) is 9.89 Å². The number of nitrogens with zero attached hydrogens (tertiary/aromatic N) is 3. The Morgan fingerprint density at radius 1 is 1.28 bits per heavy atom. The maximum atomic E-state index is 13.7. The molecule has 1 aromatic heterocycles. The maximum Gasteiger partial charge on any atom is 0.190 e. The Bertz CT molecular complexity index is 774. The van der Waals surface area contributed by atoms with Crippen molar-refractivity contribution >= 4 is 41.3 Å². The number of hydrogen-bond donors (Lipinski definition) is 2. The van der Waals surface area contributed by atoms with E-state index < -0.39 is 0 Å². The van der Waals surface area contributed by atoms with E-state index in [0.717, 1.165) is 42.7 Å². The summed E-state index contributed by atoms with van der Waals surface area (Å²) in [6.45, 7) is 6.83. The lowest BCUT2D eigenvalue weighted by Gasteiger charge is -2.31. The van der Waals surface area contributed by atoms with Crippen LogP contribution in [0.3, 0.4) is 0 Å². The minimum Gasteiger partial charge on any atom is -0.356 e. The normalized spacial score (nSPS) is 15.8. The van der Waals surface area contributed by atoms with Gasteiger partial charge in [-0.2, -0.15) is 0 Å². The number of aliphatic imine (C=N–C) groups is 1. The second kappa shape index (κ2) is 12.4. The van der Waals surface area contributed by atoms with Crippen LogP contribution < -0.4 is 10.6 Å². The third kappa shape index (κ3) is 7.82. The van der Waals surface area contributed by atoms with Gasteiger partial charge in [-0.25, -0.2) is 9.37 Å². The zero-order valence-electron chi connectivity index (χ0n) is 17.2. The van der Waals surface area contributed by atoms with Gasteiger partial charge in [-0.1, -0.05) is 18.2 Å². The van der Waals surface area contributed by atoms with Crippen LogP contribution in [0.25, 0.3) is 0 Å². The minimum absolute atomic E-state index is 0. The van der Waals surface area contributed by atoms with E-state index in [4.69, 9.17) is 0 Å². The van der Waals surface area contributed by atoms with Crippen LogP contribution in [0.1, 0.15) is 29.1 Å². The molecule has 0 radical (unpaired) electrons. The molecule has 0 unspecified atom stereocenters. The molecule has 1 saturated heterocycles. The summed E-state index contributed by atoms with van der Waals surface area (Å²) in [4.78, 5) is 11.3. The lowest BCUT2D eigenvalue weighted by molar-refractivity contribution is 0.176. The Balaban J connectivity index is 0.00000300. The summed E-state index contributed by atoms with van der Waals surface area (Å²) in [5.41, 5.74) is 1.92. The van der Waals surface area contributed by atoms with Gasteiger partial charge in [-0.15, -0.1) is 35.3 Å². The topological polar surface area (TPSA) is 52.6 Å².